The van der Waals surface area contributed by atoms with Crippen molar-refractivity contribution >= 4 is 40.5 Å². The Bertz CT molecular complexity index is 598. The SMILES string of the molecule is CSc1nnc(SCc2ccc(N)cc2C(F)(F)F)s1. The molecule has 2 N–H and O–H groups in total. The van der Waals surface area contributed by atoms with Crippen molar-refractivity contribution in [3.05, 3.63) is 29.3 Å². The molecule has 0 atom stereocenters. The molecule has 0 bridgehead atoms. The molecular formula is C11H10F3N3S3. The molecule has 0 aliphatic carbocycles. The third-order valence-electron chi connectivity index (χ3n) is 2.35. The Morgan fingerprint density at radius 3 is 2.55 bits per heavy atom. The Morgan fingerprint density at radius 1 is 1.25 bits per heavy atom. The molecule has 0 aliphatic rings. The molecule has 9 heteroatoms. The van der Waals surface area contributed by atoms with Gasteiger partial charge < -0.3 is 5.73 Å². The van der Waals surface area contributed by atoms with Gasteiger partial charge >= 0.3 is 6.18 Å². The van der Waals surface area contributed by atoms with Crippen LogP contribution >= 0.6 is 34.9 Å². The highest BCUT2D eigenvalue weighted by atomic mass is 32.2. The van der Waals surface area contributed by atoms with Gasteiger partial charge in [-0.3, -0.25) is 0 Å². The number of rotatable bonds is 4. The van der Waals surface area contributed by atoms with Crippen LogP contribution in [0.5, 0.6) is 0 Å². The highest BCUT2D eigenvalue weighted by molar-refractivity contribution is 8.02. The van der Waals surface area contributed by atoms with Gasteiger partial charge in [0.1, 0.15) is 0 Å². The number of nitrogens with zero attached hydrogens (tertiary/aromatic N) is 2. The number of hydrogen-bond donors (Lipinski definition) is 1. The molecule has 20 heavy (non-hydrogen) atoms. The van der Waals surface area contributed by atoms with Gasteiger partial charge in [0.2, 0.25) is 0 Å². The Balaban J connectivity index is 2.17. The summed E-state index contributed by atoms with van der Waals surface area (Å²) in [4.78, 5) is 0. The zero-order chi connectivity index (χ0) is 14.8. The van der Waals surface area contributed by atoms with E-state index in [1.807, 2.05) is 6.26 Å². The highest BCUT2D eigenvalue weighted by Crippen LogP contribution is 2.37. The minimum absolute atomic E-state index is 0.103. The lowest BCUT2D eigenvalue weighted by Gasteiger charge is -2.12. The summed E-state index contributed by atoms with van der Waals surface area (Å²) >= 11 is 4.06. The molecule has 0 fully saturated rings. The average molecular weight is 337 g/mol. The average Bonchev–Trinajstić information content (AvgIpc) is 2.84. The maximum Gasteiger partial charge on any atom is 0.416 e. The van der Waals surface area contributed by atoms with Gasteiger partial charge in [-0.05, 0) is 24.0 Å². The zero-order valence-electron chi connectivity index (χ0n) is 10.3. The van der Waals surface area contributed by atoms with E-state index in [2.05, 4.69) is 10.2 Å². The molecular weight excluding hydrogens is 327 g/mol. The van der Waals surface area contributed by atoms with Crippen molar-refractivity contribution in [2.24, 2.45) is 0 Å². The number of hydrogen-bond acceptors (Lipinski definition) is 6. The molecule has 0 unspecified atom stereocenters. The summed E-state index contributed by atoms with van der Waals surface area (Å²) in [5.74, 6) is 0.179. The van der Waals surface area contributed by atoms with Crippen LogP contribution in [0.15, 0.2) is 26.9 Å². The minimum atomic E-state index is -4.41. The Hall–Kier alpha value is -0.930. The first kappa shape index (κ1) is 15.5. The largest absolute Gasteiger partial charge is 0.416 e. The van der Waals surface area contributed by atoms with E-state index in [4.69, 9.17) is 5.73 Å². The van der Waals surface area contributed by atoms with Gasteiger partial charge in [0.05, 0.1) is 5.56 Å². The van der Waals surface area contributed by atoms with Crippen LogP contribution in [0, 0.1) is 0 Å². The fourth-order valence-electron chi connectivity index (χ4n) is 1.46. The molecule has 0 amide bonds. The third kappa shape index (κ3) is 3.80. The second-order valence-electron chi connectivity index (χ2n) is 3.74. The summed E-state index contributed by atoms with van der Waals surface area (Å²) in [7, 11) is 0. The quantitative estimate of drug-likeness (QED) is 0.671. The third-order valence-corrected chi connectivity index (χ3v) is 5.43. The Labute approximate surface area is 126 Å². The van der Waals surface area contributed by atoms with Gasteiger partial charge in [-0.25, -0.2) is 0 Å². The molecule has 0 saturated carbocycles. The van der Waals surface area contributed by atoms with E-state index in [0.29, 0.717) is 4.34 Å². The maximum absolute atomic E-state index is 12.9. The molecule has 1 aromatic heterocycles. The molecule has 0 radical (unpaired) electrons. The van der Waals surface area contributed by atoms with E-state index in [9.17, 15) is 13.2 Å². The standard InChI is InChI=1S/C11H10F3N3S3/c1-18-9-16-17-10(20-9)19-5-6-2-3-7(15)4-8(6)11(12,13)14/h2-4H,5,15H2,1H3. The van der Waals surface area contributed by atoms with Crippen molar-refractivity contribution in [2.75, 3.05) is 12.0 Å². The molecule has 108 valence electrons. The van der Waals surface area contributed by atoms with Gasteiger partial charge in [0, 0.05) is 11.4 Å². The van der Waals surface area contributed by atoms with Crippen molar-refractivity contribution in [3.8, 4) is 0 Å². The summed E-state index contributed by atoms with van der Waals surface area (Å²) in [5, 5.41) is 7.82. The van der Waals surface area contributed by atoms with Crippen molar-refractivity contribution in [2.45, 2.75) is 20.6 Å². The van der Waals surface area contributed by atoms with Crippen LogP contribution in [0.3, 0.4) is 0 Å². The second kappa shape index (κ2) is 6.23. The first-order valence-electron chi connectivity index (χ1n) is 5.36. The predicted molar refractivity (Wildman–Crippen MR) is 77.1 cm³/mol. The van der Waals surface area contributed by atoms with E-state index in [1.165, 1.54) is 47.0 Å². The number of aromatic nitrogens is 2. The minimum Gasteiger partial charge on any atom is -0.399 e. The molecule has 2 aromatic rings. The van der Waals surface area contributed by atoms with Gasteiger partial charge in [-0.2, -0.15) is 13.2 Å². The zero-order valence-corrected chi connectivity index (χ0v) is 12.7. The number of benzene rings is 1. The normalized spacial score (nSPS) is 11.8. The summed E-state index contributed by atoms with van der Waals surface area (Å²) in [5.41, 5.74) is 5.02. The summed E-state index contributed by atoms with van der Waals surface area (Å²) in [6.45, 7) is 0. The summed E-state index contributed by atoms with van der Waals surface area (Å²) < 4.78 is 40.2. The first-order valence-corrected chi connectivity index (χ1v) is 8.38. The molecule has 0 saturated heterocycles. The van der Waals surface area contributed by atoms with Gasteiger partial charge in [0.25, 0.3) is 0 Å². The van der Waals surface area contributed by atoms with Crippen molar-refractivity contribution in [3.63, 3.8) is 0 Å². The van der Waals surface area contributed by atoms with Crippen LogP contribution in [0.1, 0.15) is 11.1 Å². The smallest absolute Gasteiger partial charge is 0.399 e. The Kier molecular flexibility index (Phi) is 4.82. The maximum atomic E-state index is 12.9. The lowest BCUT2D eigenvalue weighted by Crippen LogP contribution is -2.09. The van der Waals surface area contributed by atoms with Crippen molar-refractivity contribution in [1.82, 2.24) is 10.2 Å². The highest BCUT2D eigenvalue weighted by Gasteiger charge is 2.33. The van der Waals surface area contributed by atoms with Crippen LogP contribution < -0.4 is 5.73 Å². The predicted octanol–water partition coefficient (Wildman–Crippen LogP) is 4.15. The molecule has 1 heterocycles. The second-order valence-corrected chi connectivity index (χ2v) is 6.99. The number of thioether (sulfide) groups is 2. The van der Waals surface area contributed by atoms with Crippen LogP contribution in [0.4, 0.5) is 18.9 Å². The van der Waals surface area contributed by atoms with Crippen molar-refractivity contribution in [1.29, 1.82) is 0 Å². The number of halogens is 3. The van der Waals surface area contributed by atoms with Crippen LogP contribution in [-0.2, 0) is 11.9 Å². The van der Waals surface area contributed by atoms with E-state index < -0.39 is 11.7 Å². The monoisotopic (exact) mass is 337 g/mol. The number of alkyl halides is 3. The molecule has 1 aromatic carbocycles. The van der Waals surface area contributed by atoms with E-state index in [1.54, 1.807) is 0 Å². The lowest BCUT2D eigenvalue weighted by atomic mass is 10.1. The van der Waals surface area contributed by atoms with Crippen LogP contribution in [0.25, 0.3) is 0 Å². The number of nitrogens with two attached hydrogens (primary N) is 1. The molecule has 3 nitrogen and oxygen atoms in total. The number of nitrogen functional groups attached to an aromatic ring is 1. The molecule has 0 aliphatic heterocycles. The molecule has 0 spiro atoms. The van der Waals surface area contributed by atoms with Gasteiger partial charge in [-0.1, -0.05) is 40.9 Å². The topological polar surface area (TPSA) is 51.8 Å². The fraction of sp³-hybridized carbons (Fsp3) is 0.273. The van der Waals surface area contributed by atoms with E-state index in [-0.39, 0.29) is 17.0 Å². The van der Waals surface area contributed by atoms with Gasteiger partial charge in [0.15, 0.2) is 8.68 Å². The fourth-order valence-corrected chi connectivity index (χ4v) is 3.90. The lowest BCUT2D eigenvalue weighted by molar-refractivity contribution is -0.138. The number of anilines is 1. The summed E-state index contributed by atoms with van der Waals surface area (Å²) in [6, 6.07) is 3.84. The van der Waals surface area contributed by atoms with Gasteiger partial charge in [-0.15, -0.1) is 10.2 Å². The Morgan fingerprint density at radius 2 is 1.95 bits per heavy atom. The van der Waals surface area contributed by atoms with Crippen LogP contribution in [-0.4, -0.2) is 16.5 Å². The van der Waals surface area contributed by atoms with Crippen molar-refractivity contribution < 1.29 is 13.2 Å². The molecule has 2 rings (SSSR count). The first-order chi connectivity index (χ1) is 9.40. The van der Waals surface area contributed by atoms with E-state index in [0.717, 1.165) is 10.4 Å². The summed E-state index contributed by atoms with van der Waals surface area (Å²) in [6.07, 6.45) is -2.53. The van der Waals surface area contributed by atoms with E-state index >= 15 is 0 Å². The van der Waals surface area contributed by atoms with Crippen LogP contribution in [0.2, 0.25) is 0 Å².